The van der Waals surface area contributed by atoms with Crippen LogP contribution in [0.3, 0.4) is 0 Å². The quantitative estimate of drug-likeness (QED) is 0.803. The maximum absolute atomic E-state index is 12.8. The second-order valence-corrected chi connectivity index (χ2v) is 6.31. The van der Waals surface area contributed by atoms with Gasteiger partial charge in [0.25, 0.3) is 0 Å². The van der Waals surface area contributed by atoms with Crippen LogP contribution in [-0.4, -0.2) is 51.9 Å². The number of nitrogens with zero attached hydrogens (tertiary/aromatic N) is 3. The van der Waals surface area contributed by atoms with Gasteiger partial charge in [0.1, 0.15) is 0 Å². The largest absolute Gasteiger partial charge is 0.481 e. The molecule has 1 aromatic heterocycles. The fourth-order valence-electron chi connectivity index (χ4n) is 2.98. The van der Waals surface area contributed by atoms with Gasteiger partial charge in [-0.3, -0.25) is 14.3 Å². The van der Waals surface area contributed by atoms with E-state index in [1.807, 2.05) is 27.0 Å². The first-order valence-electron chi connectivity index (χ1n) is 7.28. The SMILES string of the molecule is COCCN(Cc1ccnn1C)C(=O)[C@@H]1[C@H](C(=O)O)C1(C)C. The fourth-order valence-corrected chi connectivity index (χ4v) is 2.98. The number of carboxylic acids is 1. The van der Waals surface area contributed by atoms with Gasteiger partial charge in [-0.1, -0.05) is 13.8 Å². The highest BCUT2D eigenvalue weighted by Crippen LogP contribution is 2.59. The van der Waals surface area contributed by atoms with Crippen LogP contribution in [0, 0.1) is 17.3 Å². The van der Waals surface area contributed by atoms with Crippen LogP contribution in [0.1, 0.15) is 19.5 Å². The van der Waals surface area contributed by atoms with Crippen molar-refractivity contribution in [2.24, 2.45) is 24.3 Å². The molecule has 1 aliphatic carbocycles. The number of rotatable bonds is 7. The Balaban J connectivity index is 2.14. The molecule has 0 saturated heterocycles. The predicted molar refractivity (Wildman–Crippen MR) is 78.9 cm³/mol. The third-order valence-electron chi connectivity index (χ3n) is 4.51. The van der Waals surface area contributed by atoms with Crippen LogP contribution >= 0.6 is 0 Å². The van der Waals surface area contributed by atoms with Crippen molar-refractivity contribution in [1.82, 2.24) is 14.7 Å². The number of carbonyl (C=O) groups excluding carboxylic acids is 1. The predicted octanol–water partition coefficient (Wildman–Crippen LogP) is 0.752. The fraction of sp³-hybridized carbons (Fsp3) is 0.667. The lowest BCUT2D eigenvalue weighted by molar-refractivity contribution is -0.142. The van der Waals surface area contributed by atoms with E-state index >= 15 is 0 Å². The summed E-state index contributed by atoms with van der Waals surface area (Å²) < 4.78 is 6.77. The van der Waals surface area contributed by atoms with Gasteiger partial charge in [-0.25, -0.2) is 0 Å². The number of aliphatic carboxylic acids is 1. The first kappa shape index (κ1) is 16.5. The summed E-state index contributed by atoms with van der Waals surface area (Å²) in [6.45, 7) is 4.89. The third-order valence-corrected chi connectivity index (χ3v) is 4.51. The van der Waals surface area contributed by atoms with Gasteiger partial charge in [-0.05, 0) is 11.5 Å². The molecule has 122 valence electrons. The van der Waals surface area contributed by atoms with Crippen molar-refractivity contribution >= 4 is 11.9 Å². The molecule has 1 aromatic rings. The van der Waals surface area contributed by atoms with Gasteiger partial charge in [0.05, 0.1) is 30.7 Å². The molecule has 1 amide bonds. The molecule has 0 unspecified atom stereocenters. The van der Waals surface area contributed by atoms with Crippen LogP contribution in [0.5, 0.6) is 0 Å². The van der Waals surface area contributed by atoms with Gasteiger partial charge in [0.2, 0.25) is 5.91 Å². The average Bonchev–Trinajstić information content (AvgIpc) is 2.80. The number of methoxy groups -OCH3 is 1. The van der Waals surface area contributed by atoms with Crippen LogP contribution in [0.15, 0.2) is 12.3 Å². The Morgan fingerprint density at radius 1 is 1.45 bits per heavy atom. The number of ether oxygens (including phenoxy) is 1. The minimum absolute atomic E-state index is 0.129. The van der Waals surface area contributed by atoms with Crippen molar-refractivity contribution in [2.75, 3.05) is 20.3 Å². The number of carboxylic acid groups (broad SMARTS) is 1. The third kappa shape index (κ3) is 2.99. The molecule has 1 saturated carbocycles. The maximum Gasteiger partial charge on any atom is 0.307 e. The van der Waals surface area contributed by atoms with Crippen molar-refractivity contribution in [3.05, 3.63) is 18.0 Å². The lowest BCUT2D eigenvalue weighted by atomic mass is 10.1. The molecule has 1 N–H and O–H groups in total. The Hall–Kier alpha value is -1.89. The number of aryl methyl sites for hydroxylation is 1. The monoisotopic (exact) mass is 309 g/mol. The molecule has 22 heavy (non-hydrogen) atoms. The average molecular weight is 309 g/mol. The van der Waals surface area contributed by atoms with Gasteiger partial charge >= 0.3 is 5.97 Å². The molecule has 1 fully saturated rings. The molecule has 7 heteroatoms. The van der Waals surface area contributed by atoms with Crippen molar-refractivity contribution in [1.29, 1.82) is 0 Å². The van der Waals surface area contributed by atoms with Crippen LogP contribution in [0.25, 0.3) is 0 Å². The van der Waals surface area contributed by atoms with Crippen LogP contribution in [-0.2, 0) is 27.9 Å². The Morgan fingerprint density at radius 3 is 2.59 bits per heavy atom. The molecular weight excluding hydrogens is 286 g/mol. The highest BCUT2D eigenvalue weighted by Gasteiger charge is 2.66. The number of hydrogen-bond acceptors (Lipinski definition) is 4. The van der Waals surface area contributed by atoms with E-state index in [-0.39, 0.29) is 5.91 Å². The summed E-state index contributed by atoms with van der Waals surface area (Å²) in [5.41, 5.74) is 0.399. The lowest BCUT2D eigenvalue weighted by Crippen LogP contribution is -2.36. The number of hydrogen-bond donors (Lipinski definition) is 1. The lowest BCUT2D eigenvalue weighted by Gasteiger charge is -2.23. The molecule has 0 aliphatic heterocycles. The summed E-state index contributed by atoms with van der Waals surface area (Å²) in [7, 11) is 3.39. The molecule has 1 aliphatic rings. The summed E-state index contributed by atoms with van der Waals surface area (Å²) in [4.78, 5) is 25.7. The zero-order valence-corrected chi connectivity index (χ0v) is 13.4. The molecule has 1 heterocycles. The van der Waals surface area contributed by atoms with E-state index in [9.17, 15) is 14.7 Å². The summed E-state index contributed by atoms with van der Waals surface area (Å²) in [6, 6.07) is 1.85. The highest BCUT2D eigenvalue weighted by atomic mass is 16.5. The Morgan fingerprint density at radius 2 is 2.14 bits per heavy atom. The standard InChI is InChI=1S/C15H23N3O4/c1-15(2)11(12(15)14(20)21)13(19)18(7-8-22-4)9-10-5-6-16-17(10)3/h5-6,11-12H,7-9H2,1-4H3,(H,20,21)/t11-,12+/m0/s1. The van der Waals surface area contributed by atoms with E-state index in [0.717, 1.165) is 5.69 Å². The zero-order valence-electron chi connectivity index (χ0n) is 13.4. The normalized spacial score (nSPS) is 22.4. The number of amides is 1. The molecule has 7 nitrogen and oxygen atoms in total. The Bertz CT molecular complexity index is 567. The van der Waals surface area contributed by atoms with Crippen LogP contribution in [0.4, 0.5) is 0 Å². The highest BCUT2D eigenvalue weighted by molar-refractivity contribution is 5.91. The zero-order chi connectivity index (χ0) is 16.5. The first-order valence-corrected chi connectivity index (χ1v) is 7.28. The molecule has 0 aromatic carbocycles. The molecule has 0 bridgehead atoms. The van der Waals surface area contributed by atoms with Gasteiger partial charge in [-0.15, -0.1) is 0 Å². The maximum atomic E-state index is 12.8. The van der Waals surface area contributed by atoms with Gasteiger partial charge < -0.3 is 14.7 Å². The summed E-state index contributed by atoms with van der Waals surface area (Å²) >= 11 is 0. The van der Waals surface area contributed by atoms with E-state index in [2.05, 4.69) is 5.10 Å². The summed E-state index contributed by atoms with van der Waals surface area (Å²) in [5, 5.41) is 13.4. The van der Waals surface area contributed by atoms with E-state index in [1.165, 1.54) is 0 Å². The van der Waals surface area contributed by atoms with Gasteiger partial charge in [-0.2, -0.15) is 5.10 Å². The second-order valence-electron chi connectivity index (χ2n) is 6.31. The Kier molecular flexibility index (Phi) is 4.55. The van der Waals surface area contributed by atoms with E-state index < -0.39 is 23.2 Å². The molecule has 2 rings (SSSR count). The van der Waals surface area contributed by atoms with E-state index in [4.69, 9.17) is 4.74 Å². The van der Waals surface area contributed by atoms with Gasteiger partial charge in [0, 0.05) is 26.9 Å². The van der Waals surface area contributed by atoms with Crippen molar-refractivity contribution in [3.63, 3.8) is 0 Å². The van der Waals surface area contributed by atoms with Crippen LogP contribution < -0.4 is 0 Å². The molecule has 0 spiro atoms. The molecular formula is C15H23N3O4. The van der Waals surface area contributed by atoms with E-state index in [0.29, 0.717) is 19.7 Å². The minimum atomic E-state index is -0.907. The van der Waals surface area contributed by atoms with Crippen molar-refractivity contribution in [2.45, 2.75) is 20.4 Å². The summed E-state index contributed by atoms with van der Waals surface area (Å²) in [6.07, 6.45) is 1.68. The van der Waals surface area contributed by atoms with E-state index in [1.54, 1.807) is 22.9 Å². The van der Waals surface area contributed by atoms with Crippen molar-refractivity contribution in [3.8, 4) is 0 Å². The second kappa shape index (κ2) is 6.08. The summed E-state index contributed by atoms with van der Waals surface area (Å²) in [5.74, 6) is -2.13. The number of carbonyl (C=O) groups is 2. The first-order chi connectivity index (χ1) is 10.3. The van der Waals surface area contributed by atoms with Gasteiger partial charge in [0.15, 0.2) is 0 Å². The minimum Gasteiger partial charge on any atom is -0.481 e. The molecule has 2 atom stereocenters. The Labute approximate surface area is 129 Å². The smallest absolute Gasteiger partial charge is 0.307 e. The molecule has 0 radical (unpaired) electrons. The van der Waals surface area contributed by atoms with Crippen molar-refractivity contribution < 1.29 is 19.4 Å². The number of aromatic nitrogens is 2. The van der Waals surface area contributed by atoms with Crippen LogP contribution in [0.2, 0.25) is 0 Å². The topological polar surface area (TPSA) is 84.7 Å².